The third kappa shape index (κ3) is 7.44. The van der Waals surface area contributed by atoms with Crippen LogP contribution in [0.4, 0.5) is 0 Å². The Labute approximate surface area is 120 Å². The summed E-state index contributed by atoms with van der Waals surface area (Å²) in [6, 6.07) is 7.60. The number of aliphatic hydroxyl groups excluding tert-OH is 1. The Balaban J connectivity index is 2.15. The van der Waals surface area contributed by atoms with Gasteiger partial charge in [0.05, 0.1) is 6.26 Å². The van der Waals surface area contributed by atoms with Crippen molar-refractivity contribution < 1.29 is 18.3 Å². The summed E-state index contributed by atoms with van der Waals surface area (Å²) in [7, 11) is -3.15. The zero-order chi connectivity index (χ0) is 15.0. The minimum atomic E-state index is -3.15. The number of hydrogen-bond acceptors (Lipinski definition) is 5. The summed E-state index contributed by atoms with van der Waals surface area (Å²) in [5.74, 6) is 0.755. The number of benzene rings is 1. The van der Waals surface area contributed by atoms with E-state index in [1.54, 1.807) is 0 Å². The maximum atomic E-state index is 10.8. The zero-order valence-corrected chi connectivity index (χ0v) is 12.6. The maximum Gasteiger partial charge on any atom is 0.208 e. The summed E-state index contributed by atoms with van der Waals surface area (Å²) in [5.41, 5.74) is 1.02. The fraction of sp³-hybridized carbons (Fsp3) is 0.538. The van der Waals surface area contributed by atoms with Gasteiger partial charge in [0.15, 0.2) is 0 Å². The highest BCUT2D eigenvalue weighted by atomic mass is 32.2. The summed E-state index contributed by atoms with van der Waals surface area (Å²) in [6.45, 7) is 3.23. The first-order chi connectivity index (χ1) is 9.38. The zero-order valence-electron chi connectivity index (χ0n) is 11.8. The topological polar surface area (TPSA) is 87.7 Å². The lowest BCUT2D eigenvalue weighted by Crippen LogP contribution is -2.36. The molecule has 1 aromatic carbocycles. The standard InChI is InChI=1S/C13H22N2O4S/c1-11-5-3-4-6-13(11)19-10-12(16)9-14-7-8-15-20(2,17)18/h3-6,12,14-16H,7-10H2,1-2H3. The molecule has 114 valence electrons. The van der Waals surface area contributed by atoms with Crippen molar-refractivity contribution in [1.82, 2.24) is 10.0 Å². The van der Waals surface area contributed by atoms with Crippen LogP contribution < -0.4 is 14.8 Å². The minimum absolute atomic E-state index is 0.192. The average Bonchev–Trinajstić information content (AvgIpc) is 2.36. The molecule has 1 atom stereocenters. The molecule has 1 unspecified atom stereocenters. The number of aryl methyl sites for hydroxylation is 1. The van der Waals surface area contributed by atoms with Gasteiger partial charge < -0.3 is 15.2 Å². The van der Waals surface area contributed by atoms with Crippen LogP contribution in [0, 0.1) is 6.92 Å². The van der Waals surface area contributed by atoms with Gasteiger partial charge in [-0.25, -0.2) is 13.1 Å². The highest BCUT2D eigenvalue weighted by Gasteiger charge is 2.06. The second kappa shape index (κ2) is 8.21. The van der Waals surface area contributed by atoms with Gasteiger partial charge in [-0.1, -0.05) is 18.2 Å². The Hall–Kier alpha value is -1.15. The molecule has 0 amide bonds. The normalized spacial score (nSPS) is 13.2. The quantitative estimate of drug-likeness (QED) is 0.553. The Kier molecular flexibility index (Phi) is 6.94. The Morgan fingerprint density at radius 2 is 2.00 bits per heavy atom. The molecular weight excluding hydrogens is 280 g/mol. The molecule has 1 rings (SSSR count). The number of rotatable bonds is 9. The molecular formula is C13H22N2O4S. The van der Waals surface area contributed by atoms with Gasteiger partial charge in [-0.15, -0.1) is 0 Å². The highest BCUT2D eigenvalue weighted by Crippen LogP contribution is 2.16. The molecule has 0 saturated carbocycles. The lowest BCUT2D eigenvalue weighted by atomic mass is 10.2. The SMILES string of the molecule is Cc1ccccc1OCC(O)CNCCNS(C)(=O)=O. The molecule has 0 aliphatic carbocycles. The average molecular weight is 302 g/mol. The summed E-state index contributed by atoms with van der Waals surface area (Å²) < 4.78 is 29.5. The molecule has 6 nitrogen and oxygen atoms in total. The highest BCUT2D eigenvalue weighted by molar-refractivity contribution is 7.88. The molecule has 0 fully saturated rings. The molecule has 7 heteroatoms. The van der Waals surface area contributed by atoms with Crippen molar-refractivity contribution in [2.75, 3.05) is 32.5 Å². The van der Waals surface area contributed by atoms with E-state index < -0.39 is 16.1 Å². The molecule has 0 aliphatic rings. The molecule has 0 radical (unpaired) electrons. The number of sulfonamides is 1. The molecule has 0 aromatic heterocycles. The van der Waals surface area contributed by atoms with E-state index in [0.717, 1.165) is 17.6 Å². The molecule has 1 aromatic rings. The first kappa shape index (κ1) is 16.9. The van der Waals surface area contributed by atoms with Crippen molar-refractivity contribution in [1.29, 1.82) is 0 Å². The Morgan fingerprint density at radius 1 is 1.30 bits per heavy atom. The van der Waals surface area contributed by atoms with E-state index in [1.165, 1.54) is 0 Å². The van der Waals surface area contributed by atoms with E-state index in [1.807, 2.05) is 31.2 Å². The monoisotopic (exact) mass is 302 g/mol. The minimum Gasteiger partial charge on any atom is -0.491 e. The van der Waals surface area contributed by atoms with Gasteiger partial charge in [0.2, 0.25) is 10.0 Å². The second-order valence-corrected chi connectivity index (χ2v) is 6.43. The van der Waals surface area contributed by atoms with Crippen LogP contribution in [-0.2, 0) is 10.0 Å². The van der Waals surface area contributed by atoms with Crippen LogP contribution in [0.1, 0.15) is 5.56 Å². The molecule has 0 bridgehead atoms. The van der Waals surface area contributed by atoms with Gasteiger partial charge in [-0.3, -0.25) is 0 Å². The molecule has 3 N–H and O–H groups in total. The van der Waals surface area contributed by atoms with Crippen LogP contribution in [0.25, 0.3) is 0 Å². The van der Waals surface area contributed by atoms with E-state index in [0.29, 0.717) is 19.6 Å². The predicted molar refractivity (Wildman–Crippen MR) is 78.4 cm³/mol. The van der Waals surface area contributed by atoms with E-state index in [4.69, 9.17) is 4.74 Å². The third-order valence-electron chi connectivity index (χ3n) is 2.57. The molecule has 0 saturated heterocycles. The Bertz CT molecular complexity index is 505. The first-order valence-electron chi connectivity index (χ1n) is 6.40. The third-order valence-corrected chi connectivity index (χ3v) is 3.30. The molecule has 0 spiro atoms. The number of nitrogens with one attached hydrogen (secondary N) is 2. The molecule has 20 heavy (non-hydrogen) atoms. The van der Waals surface area contributed by atoms with Crippen LogP contribution in [0.5, 0.6) is 5.75 Å². The maximum absolute atomic E-state index is 10.8. The first-order valence-corrected chi connectivity index (χ1v) is 8.29. The fourth-order valence-corrected chi connectivity index (χ4v) is 2.03. The van der Waals surface area contributed by atoms with Crippen LogP contribution in [-0.4, -0.2) is 52.1 Å². The number of para-hydroxylation sites is 1. The van der Waals surface area contributed by atoms with Gasteiger partial charge in [0.25, 0.3) is 0 Å². The largest absolute Gasteiger partial charge is 0.491 e. The van der Waals surface area contributed by atoms with Crippen molar-refractivity contribution in [3.8, 4) is 5.75 Å². The number of ether oxygens (including phenoxy) is 1. The van der Waals surface area contributed by atoms with Crippen LogP contribution in [0.3, 0.4) is 0 Å². The van der Waals surface area contributed by atoms with Gasteiger partial charge in [0.1, 0.15) is 18.5 Å². The summed E-state index contributed by atoms with van der Waals surface area (Å²) in [4.78, 5) is 0. The van der Waals surface area contributed by atoms with E-state index in [-0.39, 0.29) is 6.61 Å². The van der Waals surface area contributed by atoms with Crippen molar-refractivity contribution in [2.45, 2.75) is 13.0 Å². The lowest BCUT2D eigenvalue weighted by Gasteiger charge is -2.14. The smallest absolute Gasteiger partial charge is 0.208 e. The van der Waals surface area contributed by atoms with Crippen molar-refractivity contribution >= 4 is 10.0 Å². The number of hydrogen-bond donors (Lipinski definition) is 3. The summed E-state index contributed by atoms with van der Waals surface area (Å²) >= 11 is 0. The van der Waals surface area contributed by atoms with E-state index in [2.05, 4.69) is 10.0 Å². The van der Waals surface area contributed by atoms with Crippen molar-refractivity contribution in [2.24, 2.45) is 0 Å². The van der Waals surface area contributed by atoms with Crippen LogP contribution >= 0.6 is 0 Å². The van der Waals surface area contributed by atoms with Gasteiger partial charge in [-0.2, -0.15) is 0 Å². The second-order valence-electron chi connectivity index (χ2n) is 4.60. The summed E-state index contributed by atoms with van der Waals surface area (Å²) in [5, 5.41) is 12.7. The van der Waals surface area contributed by atoms with Gasteiger partial charge in [-0.05, 0) is 18.6 Å². The van der Waals surface area contributed by atoms with Gasteiger partial charge >= 0.3 is 0 Å². The van der Waals surface area contributed by atoms with Crippen molar-refractivity contribution in [3.63, 3.8) is 0 Å². The lowest BCUT2D eigenvalue weighted by molar-refractivity contribution is 0.106. The van der Waals surface area contributed by atoms with E-state index >= 15 is 0 Å². The van der Waals surface area contributed by atoms with Crippen molar-refractivity contribution in [3.05, 3.63) is 29.8 Å². The molecule has 0 aliphatic heterocycles. The predicted octanol–water partition coefficient (Wildman–Crippen LogP) is -0.126. The van der Waals surface area contributed by atoms with Crippen LogP contribution in [0.2, 0.25) is 0 Å². The van der Waals surface area contributed by atoms with Crippen LogP contribution in [0.15, 0.2) is 24.3 Å². The number of aliphatic hydroxyl groups is 1. The molecule has 0 heterocycles. The fourth-order valence-electron chi connectivity index (χ4n) is 1.56. The Morgan fingerprint density at radius 3 is 2.65 bits per heavy atom. The summed E-state index contributed by atoms with van der Waals surface area (Å²) in [6.07, 6.45) is 0.463. The van der Waals surface area contributed by atoms with E-state index in [9.17, 15) is 13.5 Å². The van der Waals surface area contributed by atoms with Gasteiger partial charge in [0, 0.05) is 19.6 Å².